The van der Waals surface area contributed by atoms with Crippen LogP contribution in [0.25, 0.3) is 22.1 Å². The van der Waals surface area contributed by atoms with Gasteiger partial charge in [-0.25, -0.2) is 4.79 Å². The molecule has 3 aromatic carbocycles. The molecule has 32 heavy (non-hydrogen) atoms. The maximum Gasteiger partial charge on any atom is 0.334 e. The summed E-state index contributed by atoms with van der Waals surface area (Å²) < 4.78 is 21.6. The Bertz CT molecular complexity index is 1330. The molecule has 0 N–H and O–H groups in total. The number of rotatable bonds is 6. The van der Waals surface area contributed by atoms with Crippen molar-refractivity contribution in [3.63, 3.8) is 0 Å². The van der Waals surface area contributed by atoms with Crippen LogP contribution in [0, 0.1) is 0 Å². The average Bonchev–Trinajstić information content (AvgIpc) is 2.83. The van der Waals surface area contributed by atoms with Crippen LogP contribution in [0.1, 0.15) is 10.9 Å². The molecule has 1 heterocycles. The van der Waals surface area contributed by atoms with Crippen molar-refractivity contribution in [3.8, 4) is 28.4 Å². The van der Waals surface area contributed by atoms with Gasteiger partial charge in [0.1, 0.15) is 17.6 Å². The molecule has 6 nitrogen and oxygen atoms in total. The first-order valence-electron chi connectivity index (χ1n) is 9.70. The number of methoxy groups -OCH3 is 2. The molecule has 0 aliphatic rings. The molecule has 7 heteroatoms. The third-order valence-corrected chi connectivity index (χ3v) is 5.39. The molecule has 1 aromatic heterocycles. The number of benzene rings is 3. The highest BCUT2D eigenvalue weighted by atomic mass is 35.5. The van der Waals surface area contributed by atoms with Crippen LogP contribution < -0.4 is 19.6 Å². The van der Waals surface area contributed by atoms with Gasteiger partial charge in [0.05, 0.1) is 25.2 Å². The normalized spacial score (nSPS) is 11.7. The molecule has 1 atom stereocenters. The zero-order valence-corrected chi connectivity index (χ0v) is 18.1. The number of hydrogen-bond donors (Lipinski definition) is 0. The van der Waals surface area contributed by atoms with Gasteiger partial charge < -0.3 is 18.6 Å². The van der Waals surface area contributed by atoms with Crippen LogP contribution in [-0.2, 0) is 4.79 Å². The first kappa shape index (κ1) is 21.5. The summed E-state index contributed by atoms with van der Waals surface area (Å²) in [4.78, 5) is 25.4. The van der Waals surface area contributed by atoms with Crippen molar-refractivity contribution in [1.29, 1.82) is 0 Å². The Labute approximate surface area is 188 Å². The van der Waals surface area contributed by atoms with Crippen molar-refractivity contribution >= 4 is 28.5 Å². The molecule has 0 fully saturated rings. The average molecular weight is 451 g/mol. The van der Waals surface area contributed by atoms with E-state index in [0.717, 1.165) is 0 Å². The van der Waals surface area contributed by atoms with E-state index in [1.165, 1.54) is 25.5 Å². The molecule has 0 bridgehead atoms. The van der Waals surface area contributed by atoms with Gasteiger partial charge in [0.2, 0.25) is 0 Å². The second kappa shape index (κ2) is 9.16. The van der Waals surface area contributed by atoms with E-state index in [9.17, 15) is 9.59 Å². The van der Waals surface area contributed by atoms with Crippen molar-refractivity contribution in [2.75, 3.05) is 14.2 Å². The van der Waals surface area contributed by atoms with E-state index in [2.05, 4.69) is 0 Å². The second-order valence-corrected chi connectivity index (χ2v) is 7.34. The van der Waals surface area contributed by atoms with Gasteiger partial charge in [-0.3, -0.25) is 4.79 Å². The Morgan fingerprint density at radius 1 is 0.938 bits per heavy atom. The van der Waals surface area contributed by atoms with Crippen molar-refractivity contribution in [2.45, 2.75) is 5.38 Å². The van der Waals surface area contributed by atoms with Crippen LogP contribution in [0.15, 0.2) is 82.2 Å². The summed E-state index contributed by atoms with van der Waals surface area (Å²) in [6, 6.07) is 18.7. The van der Waals surface area contributed by atoms with Gasteiger partial charge in [-0.15, -0.1) is 11.6 Å². The quantitative estimate of drug-likeness (QED) is 0.223. The molecule has 0 aliphatic heterocycles. The fourth-order valence-electron chi connectivity index (χ4n) is 3.30. The van der Waals surface area contributed by atoms with Gasteiger partial charge in [0.25, 0.3) is 0 Å². The van der Waals surface area contributed by atoms with Crippen molar-refractivity contribution < 1.29 is 23.4 Å². The lowest BCUT2D eigenvalue weighted by molar-refractivity contribution is -0.134. The largest absolute Gasteiger partial charge is 0.493 e. The molecule has 0 saturated carbocycles. The standard InChI is InChI=1S/C25H19ClO6/c1-29-20-11-8-16(12-22(20)30-2)19-14-31-21-13-17(9-10-18(21)24(19)27)32-25(28)23(26)15-6-4-3-5-7-15/h3-14,23H,1-2H3. The van der Waals surface area contributed by atoms with Gasteiger partial charge in [0.15, 0.2) is 22.3 Å². The lowest BCUT2D eigenvalue weighted by Gasteiger charge is -2.11. The van der Waals surface area contributed by atoms with Gasteiger partial charge in [-0.2, -0.15) is 0 Å². The van der Waals surface area contributed by atoms with Crippen molar-refractivity contribution in [3.05, 3.63) is 88.8 Å². The van der Waals surface area contributed by atoms with Crippen LogP contribution in [-0.4, -0.2) is 20.2 Å². The molecule has 0 aliphatic carbocycles. The Kier molecular flexibility index (Phi) is 6.14. The second-order valence-electron chi connectivity index (χ2n) is 6.90. The molecule has 162 valence electrons. The van der Waals surface area contributed by atoms with Gasteiger partial charge in [-0.1, -0.05) is 36.4 Å². The fraction of sp³-hybridized carbons (Fsp3) is 0.120. The number of carbonyl (C=O) groups excluding carboxylic acids is 1. The van der Waals surface area contributed by atoms with Crippen LogP contribution in [0.3, 0.4) is 0 Å². The zero-order valence-electron chi connectivity index (χ0n) is 17.3. The number of carbonyl (C=O) groups is 1. The monoisotopic (exact) mass is 450 g/mol. The Hall–Kier alpha value is -3.77. The smallest absolute Gasteiger partial charge is 0.334 e. The number of esters is 1. The van der Waals surface area contributed by atoms with E-state index in [0.29, 0.717) is 33.6 Å². The summed E-state index contributed by atoms with van der Waals surface area (Å²) in [5.74, 6) is 0.661. The Balaban J connectivity index is 1.63. The van der Waals surface area contributed by atoms with Crippen LogP contribution in [0.4, 0.5) is 0 Å². The van der Waals surface area contributed by atoms with E-state index in [-0.39, 0.29) is 16.8 Å². The van der Waals surface area contributed by atoms with E-state index in [4.69, 9.17) is 30.2 Å². The first-order valence-corrected chi connectivity index (χ1v) is 10.1. The molecular weight excluding hydrogens is 432 g/mol. The van der Waals surface area contributed by atoms with Crippen LogP contribution >= 0.6 is 11.6 Å². The minimum absolute atomic E-state index is 0.226. The Morgan fingerprint density at radius 2 is 1.69 bits per heavy atom. The molecule has 0 radical (unpaired) electrons. The molecule has 0 amide bonds. The summed E-state index contributed by atoms with van der Waals surface area (Å²) in [6.45, 7) is 0. The molecule has 4 aromatic rings. The zero-order chi connectivity index (χ0) is 22.7. The summed E-state index contributed by atoms with van der Waals surface area (Å²) in [7, 11) is 3.06. The highest BCUT2D eigenvalue weighted by Gasteiger charge is 2.20. The van der Waals surface area contributed by atoms with E-state index >= 15 is 0 Å². The maximum absolute atomic E-state index is 13.0. The summed E-state index contributed by atoms with van der Waals surface area (Å²) in [5, 5.41) is -0.603. The predicted molar refractivity (Wildman–Crippen MR) is 122 cm³/mol. The minimum atomic E-state index is -0.952. The minimum Gasteiger partial charge on any atom is -0.493 e. The fourth-order valence-corrected chi connectivity index (χ4v) is 3.49. The van der Waals surface area contributed by atoms with E-state index < -0.39 is 11.3 Å². The van der Waals surface area contributed by atoms with Gasteiger partial charge in [-0.05, 0) is 35.4 Å². The van der Waals surface area contributed by atoms with Crippen molar-refractivity contribution in [1.82, 2.24) is 0 Å². The first-order chi connectivity index (χ1) is 15.5. The molecular formula is C25H19ClO6. The Morgan fingerprint density at radius 3 is 2.41 bits per heavy atom. The van der Waals surface area contributed by atoms with E-state index in [1.54, 1.807) is 55.6 Å². The number of ether oxygens (including phenoxy) is 3. The number of hydrogen-bond acceptors (Lipinski definition) is 6. The number of fused-ring (bicyclic) bond motifs is 1. The molecule has 0 saturated heterocycles. The van der Waals surface area contributed by atoms with E-state index in [1.807, 2.05) is 6.07 Å². The lowest BCUT2D eigenvalue weighted by Crippen LogP contribution is -2.14. The maximum atomic E-state index is 13.0. The number of halogens is 1. The van der Waals surface area contributed by atoms with Crippen LogP contribution in [0.5, 0.6) is 17.2 Å². The lowest BCUT2D eigenvalue weighted by atomic mass is 10.0. The third kappa shape index (κ3) is 4.18. The predicted octanol–water partition coefficient (Wildman–Crippen LogP) is 5.36. The summed E-state index contributed by atoms with van der Waals surface area (Å²) >= 11 is 6.22. The van der Waals surface area contributed by atoms with Gasteiger partial charge >= 0.3 is 5.97 Å². The number of alkyl halides is 1. The highest BCUT2D eigenvalue weighted by molar-refractivity contribution is 6.30. The summed E-state index contributed by atoms with van der Waals surface area (Å²) in [6.07, 6.45) is 1.37. The SMILES string of the molecule is COc1ccc(-c2coc3cc(OC(=O)C(Cl)c4ccccc4)ccc3c2=O)cc1OC. The van der Waals surface area contributed by atoms with Crippen LogP contribution in [0.2, 0.25) is 0 Å². The topological polar surface area (TPSA) is 75.0 Å². The van der Waals surface area contributed by atoms with Crippen molar-refractivity contribution in [2.24, 2.45) is 0 Å². The molecule has 1 unspecified atom stereocenters. The molecule has 0 spiro atoms. The third-order valence-electron chi connectivity index (χ3n) is 4.96. The van der Waals surface area contributed by atoms with Gasteiger partial charge in [0, 0.05) is 6.07 Å². The molecule has 4 rings (SSSR count). The highest BCUT2D eigenvalue weighted by Crippen LogP contribution is 2.32. The summed E-state index contributed by atoms with van der Waals surface area (Å²) in [5.41, 5.74) is 1.69.